The van der Waals surface area contributed by atoms with Crippen molar-refractivity contribution in [1.29, 1.82) is 0 Å². The monoisotopic (exact) mass is 285 g/mol. The standard InChI is InChI=1S/C15H27NO4/c1-3-7-20-8-5-6-16-14(17)12-9-11(4-2)10-13(12)15(18)19/h11-13H,3-10H2,1-2H3,(H,16,17)(H,18,19)/t11?,12-,13+/m0/s1. The highest BCUT2D eigenvalue weighted by Crippen LogP contribution is 2.38. The van der Waals surface area contributed by atoms with Crippen molar-refractivity contribution >= 4 is 11.9 Å². The first-order valence-electron chi connectivity index (χ1n) is 7.68. The average Bonchev–Trinajstić information content (AvgIpc) is 2.87. The van der Waals surface area contributed by atoms with Gasteiger partial charge in [-0.3, -0.25) is 9.59 Å². The van der Waals surface area contributed by atoms with Crippen LogP contribution >= 0.6 is 0 Å². The molecule has 1 aliphatic rings. The number of aliphatic carboxylic acids is 1. The van der Waals surface area contributed by atoms with Crippen molar-refractivity contribution in [3.8, 4) is 0 Å². The van der Waals surface area contributed by atoms with Crippen LogP contribution < -0.4 is 5.32 Å². The summed E-state index contributed by atoms with van der Waals surface area (Å²) in [5.41, 5.74) is 0. The molecule has 0 radical (unpaired) electrons. The molecule has 5 nitrogen and oxygen atoms in total. The maximum absolute atomic E-state index is 12.1. The summed E-state index contributed by atoms with van der Waals surface area (Å²) in [5.74, 6) is -1.47. The van der Waals surface area contributed by atoms with Gasteiger partial charge in [0.15, 0.2) is 0 Å². The van der Waals surface area contributed by atoms with Crippen LogP contribution in [0.4, 0.5) is 0 Å². The molecule has 0 aliphatic heterocycles. The lowest BCUT2D eigenvalue weighted by molar-refractivity contribution is -0.146. The Bertz CT molecular complexity index is 319. The SMILES string of the molecule is CCCOCCCNC(=O)[C@H]1CC(CC)C[C@H]1C(=O)O. The Kier molecular flexibility index (Phi) is 7.59. The fourth-order valence-electron chi connectivity index (χ4n) is 2.80. The van der Waals surface area contributed by atoms with Crippen molar-refractivity contribution in [3.63, 3.8) is 0 Å². The molecule has 1 amide bonds. The Balaban J connectivity index is 2.32. The first kappa shape index (κ1) is 17.0. The molecular formula is C15H27NO4. The van der Waals surface area contributed by atoms with E-state index in [1.807, 2.05) is 0 Å². The molecule has 2 N–H and O–H groups in total. The van der Waals surface area contributed by atoms with E-state index in [1.165, 1.54) is 0 Å². The Morgan fingerprint density at radius 3 is 2.50 bits per heavy atom. The van der Waals surface area contributed by atoms with E-state index in [9.17, 15) is 14.7 Å². The molecule has 1 saturated carbocycles. The summed E-state index contributed by atoms with van der Waals surface area (Å²) in [6.45, 7) is 6.05. The smallest absolute Gasteiger partial charge is 0.307 e. The highest BCUT2D eigenvalue weighted by molar-refractivity contribution is 5.85. The molecule has 1 aliphatic carbocycles. The lowest BCUT2D eigenvalue weighted by Crippen LogP contribution is -2.36. The summed E-state index contributed by atoms with van der Waals surface area (Å²) in [6, 6.07) is 0. The Morgan fingerprint density at radius 2 is 1.90 bits per heavy atom. The van der Waals surface area contributed by atoms with Gasteiger partial charge in [-0.1, -0.05) is 20.3 Å². The minimum atomic E-state index is -0.840. The van der Waals surface area contributed by atoms with Gasteiger partial charge < -0.3 is 15.2 Å². The molecule has 0 bridgehead atoms. The van der Waals surface area contributed by atoms with Crippen molar-refractivity contribution in [1.82, 2.24) is 5.32 Å². The van der Waals surface area contributed by atoms with Crippen LogP contribution in [0.3, 0.4) is 0 Å². The summed E-state index contributed by atoms with van der Waals surface area (Å²) >= 11 is 0. The third kappa shape index (κ3) is 5.12. The van der Waals surface area contributed by atoms with E-state index in [1.54, 1.807) is 0 Å². The van der Waals surface area contributed by atoms with Gasteiger partial charge in [-0.05, 0) is 31.6 Å². The van der Waals surface area contributed by atoms with Gasteiger partial charge in [0.25, 0.3) is 0 Å². The molecule has 0 saturated heterocycles. The molecule has 1 rings (SSSR count). The van der Waals surface area contributed by atoms with Gasteiger partial charge >= 0.3 is 5.97 Å². The van der Waals surface area contributed by atoms with Crippen LogP contribution in [0.1, 0.15) is 46.0 Å². The fraction of sp³-hybridized carbons (Fsp3) is 0.867. The molecule has 116 valence electrons. The van der Waals surface area contributed by atoms with Gasteiger partial charge in [0, 0.05) is 19.8 Å². The molecular weight excluding hydrogens is 258 g/mol. The number of amides is 1. The van der Waals surface area contributed by atoms with Gasteiger partial charge in [-0.25, -0.2) is 0 Å². The maximum atomic E-state index is 12.1. The lowest BCUT2D eigenvalue weighted by Gasteiger charge is -2.15. The van der Waals surface area contributed by atoms with Crippen LogP contribution in [0, 0.1) is 17.8 Å². The highest BCUT2D eigenvalue weighted by Gasteiger charge is 2.41. The second kappa shape index (κ2) is 8.95. The number of carboxylic acids is 1. The van der Waals surface area contributed by atoms with Crippen molar-refractivity contribution in [2.75, 3.05) is 19.8 Å². The van der Waals surface area contributed by atoms with E-state index < -0.39 is 11.9 Å². The largest absolute Gasteiger partial charge is 0.481 e. The molecule has 0 heterocycles. The van der Waals surface area contributed by atoms with Crippen molar-refractivity contribution in [2.24, 2.45) is 17.8 Å². The number of carbonyl (C=O) groups excluding carboxylic acids is 1. The molecule has 5 heteroatoms. The van der Waals surface area contributed by atoms with Gasteiger partial charge in [0.2, 0.25) is 5.91 Å². The minimum Gasteiger partial charge on any atom is -0.481 e. The summed E-state index contributed by atoms with van der Waals surface area (Å²) < 4.78 is 5.34. The third-order valence-corrected chi connectivity index (χ3v) is 4.00. The van der Waals surface area contributed by atoms with Crippen LogP contribution in [0.15, 0.2) is 0 Å². The minimum absolute atomic E-state index is 0.108. The predicted molar refractivity (Wildman–Crippen MR) is 76.4 cm³/mol. The van der Waals surface area contributed by atoms with E-state index in [4.69, 9.17) is 4.74 Å². The molecule has 3 atom stereocenters. The van der Waals surface area contributed by atoms with Gasteiger partial charge in [-0.2, -0.15) is 0 Å². The Morgan fingerprint density at radius 1 is 1.20 bits per heavy atom. The summed E-state index contributed by atoms with van der Waals surface area (Å²) in [4.78, 5) is 23.3. The molecule has 20 heavy (non-hydrogen) atoms. The highest BCUT2D eigenvalue weighted by atomic mass is 16.5. The quantitative estimate of drug-likeness (QED) is 0.636. The van der Waals surface area contributed by atoms with Crippen LogP contribution in [-0.4, -0.2) is 36.7 Å². The number of carboxylic acid groups (broad SMARTS) is 1. The van der Waals surface area contributed by atoms with Crippen LogP contribution in [-0.2, 0) is 14.3 Å². The maximum Gasteiger partial charge on any atom is 0.307 e. The van der Waals surface area contributed by atoms with Crippen molar-refractivity contribution < 1.29 is 19.4 Å². The molecule has 0 aromatic rings. The number of ether oxygens (including phenoxy) is 1. The first-order valence-corrected chi connectivity index (χ1v) is 7.68. The molecule has 0 aromatic carbocycles. The lowest BCUT2D eigenvalue weighted by atomic mass is 9.95. The van der Waals surface area contributed by atoms with E-state index in [0.717, 1.165) is 25.9 Å². The summed E-state index contributed by atoms with van der Waals surface area (Å²) in [7, 11) is 0. The predicted octanol–water partition coefficient (Wildman–Crippen LogP) is 2.06. The first-order chi connectivity index (χ1) is 9.60. The van der Waals surface area contributed by atoms with Crippen molar-refractivity contribution in [2.45, 2.75) is 46.0 Å². The second-order valence-electron chi connectivity index (χ2n) is 5.55. The molecule has 0 spiro atoms. The number of hydrogen-bond acceptors (Lipinski definition) is 3. The number of hydrogen-bond donors (Lipinski definition) is 2. The van der Waals surface area contributed by atoms with Crippen LogP contribution in [0.5, 0.6) is 0 Å². The van der Waals surface area contributed by atoms with Crippen molar-refractivity contribution in [3.05, 3.63) is 0 Å². The fourth-order valence-corrected chi connectivity index (χ4v) is 2.80. The second-order valence-corrected chi connectivity index (χ2v) is 5.55. The van der Waals surface area contributed by atoms with E-state index in [-0.39, 0.29) is 11.8 Å². The molecule has 0 aromatic heterocycles. The third-order valence-electron chi connectivity index (χ3n) is 4.00. The topological polar surface area (TPSA) is 75.6 Å². The summed E-state index contributed by atoms with van der Waals surface area (Å²) in [5, 5.41) is 12.1. The zero-order chi connectivity index (χ0) is 15.0. The van der Waals surface area contributed by atoms with Crippen LogP contribution in [0.2, 0.25) is 0 Å². The normalized spacial score (nSPS) is 25.6. The zero-order valence-electron chi connectivity index (χ0n) is 12.6. The Hall–Kier alpha value is -1.10. The molecule has 1 unspecified atom stereocenters. The van der Waals surface area contributed by atoms with Gasteiger partial charge in [-0.15, -0.1) is 0 Å². The van der Waals surface area contributed by atoms with Gasteiger partial charge in [0.05, 0.1) is 11.8 Å². The molecule has 1 fully saturated rings. The zero-order valence-corrected chi connectivity index (χ0v) is 12.6. The Labute approximate surface area is 121 Å². The number of rotatable bonds is 9. The van der Waals surface area contributed by atoms with E-state index in [0.29, 0.717) is 31.9 Å². The average molecular weight is 285 g/mol. The number of nitrogens with one attached hydrogen (secondary N) is 1. The van der Waals surface area contributed by atoms with E-state index in [2.05, 4.69) is 19.2 Å². The van der Waals surface area contributed by atoms with Crippen LogP contribution in [0.25, 0.3) is 0 Å². The summed E-state index contributed by atoms with van der Waals surface area (Å²) in [6.07, 6.45) is 4.04. The van der Waals surface area contributed by atoms with E-state index >= 15 is 0 Å². The van der Waals surface area contributed by atoms with Gasteiger partial charge in [0.1, 0.15) is 0 Å². The number of carbonyl (C=O) groups is 2.